The van der Waals surface area contributed by atoms with Crippen molar-refractivity contribution in [2.45, 2.75) is 6.54 Å². The van der Waals surface area contributed by atoms with E-state index < -0.39 is 0 Å². The molecule has 0 aliphatic rings. The van der Waals surface area contributed by atoms with E-state index >= 15 is 0 Å². The summed E-state index contributed by atoms with van der Waals surface area (Å²) in [4.78, 5) is 1.52. The summed E-state index contributed by atoms with van der Waals surface area (Å²) in [6, 6.07) is 5.66. The first-order valence-electron chi connectivity index (χ1n) is 4.25. The monoisotopic (exact) mass is 286 g/mol. The molecule has 0 aliphatic carbocycles. The minimum Gasteiger partial charge on any atom is -0.381 e. The van der Waals surface area contributed by atoms with Gasteiger partial charge in [0, 0.05) is 4.47 Å². The quantitative estimate of drug-likeness (QED) is 0.922. The number of nitrogens with two attached hydrogens (primary N) is 1. The van der Waals surface area contributed by atoms with E-state index in [0.717, 1.165) is 10.0 Å². The van der Waals surface area contributed by atoms with Crippen LogP contribution in [0, 0.1) is 0 Å². The lowest BCUT2D eigenvalue weighted by Crippen LogP contribution is -2.04. The molecular weight excluding hydrogens is 279 g/mol. The van der Waals surface area contributed by atoms with Gasteiger partial charge in [-0.3, -0.25) is 0 Å². The highest BCUT2D eigenvalue weighted by Crippen LogP contribution is 2.26. The van der Waals surface area contributed by atoms with Crippen molar-refractivity contribution in [1.82, 2.24) is 15.0 Å². The maximum absolute atomic E-state index is 5.96. The second kappa shape index (κ2) is 4.20. The van der Waals surface area contributed by atoms with Gasteiger partial charge in [0.1, 0.15) is 0 Å². The van der Waals surface area contributed by atoms with Gasteiger partial charge >= 0.3 is 0 Å². The second-order valence-corrected chi connectivity index (χ2v) is 4.21. The lowest BCUT2D eigenvalue weighted by molar-refractivity contribution is 0.592. The molecule has 0 spiro atoms. The van der Waals surface area contributed by atoms with E-state index in [0.29, 0.717) is 17.4 Å². The Balaban J connectivity index is 2.28. The third kappa shape index (κ3) is 2.30. The molecule has 0 amide bonds. The molecule has 1 aromatic carbocycles. The molecule has 78 valence electrons. The molecule has 0 saturated heterocycles. The van der Waals surface area contributed by atoms with Crippen LogP contribution in [0.25, 0.3) is 0 Å². The van der Waals surface area contributed by atoms with Crippen LogP contribution in [0.3, 0.4) is 0 Å². The standard InChI is InChI=1S/C9H8BrClN4/c10-9-6(2-1-3-7(9)11)5-15-13-4-8(12)14-15/h1-4H,5H2,(H2,12,14). The van der Waals surface area contributed by atoms with Gasteiger partial charge < -0.3 is 5.73 Å². The van der Waals surface area contributed by atoms with Crippen LogP contribution < -0.4 is 5.73 Å². The average Bonchev–Trinajstić information content (AvgIpc) is 2.59. The number of hydrogen-bond acceptors (Lipinski definition) is 3. The van der Waals surface area contributed by atoms with Crippen molar-refractivity contribution < 1.29 is 0 Å². The fourth-order valence-corrected chi connectivity index (χ4v) is 1.79. The third-order valence-electron chi connectivity index (χ3n) is 1.90. The Bertz CT molecular complexity index is 483. The molecule has 0 bridgehead atoms. The summed E-state index contributed by atoms with van der Waals surface area (Å²) in [6.07, 6.45) is 1.51. The minimum atomic E-state index is 0.410. The van der Waals surface area contributed by atoms with Crippen molar-refractivity contribution >= 4 is 33.3 Å². The molecule has 0 radical (unpaired) electrons. The maximum atomic E-state index is 5.96. The van der Waals surface area contributed by atoms with Crippen molar-refractivity contribution in [2.24, 2.45) is 0 Å². The predicted molar refractivity (Wildman–Crippen MR) is 62.7 cm³/mol. The van der Waals surface area contributed by atoms with E-state index in [1.54, 1.807) is 0 Å². The number of nitrogens with zero attached hydrogens (tertiary/aromatic N) is 3. The van der Waals surface area contributed by atoms with Crippen molar-refractivity contribution in [2.75, 3.05) is 5.73 Å². The Kier molecular flexibility index (Phi) is 2.93. The molecule has 0 atom stereocenters. The largest absolute Gasteiger partial charge is 0.381 e. The minimum absolute atomic E-state index is 0.410. The lowest BCUT2D eigenvalue weighted by atomic mass is 10.2. The molecule has 2 rings (SSSR count). The van der Waals surface area contributed by atoms with Crippen LogP contribution in [-0.4, -0.2) is 15.0 Å². The van der Waals surface area contributed by atoms with Crippen LogP contribution in [0.15, 0.2) is 28.9 Å². The number of nitrogen functional groups attached to an aromatic ring is 1. The number of benzene rings is 1. The highest BCUT2D eigenvalue weighted by atomic mass is 79.9. The Morgan fingerprint density at radius 3 is 2.93 bits per heavy atom. The Labute approximate surface area is 100 Å². The van der Waals surface area contributed by atoms with Crippen molar-refractivity contribution in [3.8, 4) is 0 Å². The molecule has 0 aliphatic heterocycles. The normalized spacial score (nSPS) is 10.5. The summed E-state index contributed by atoms with van der Waals surface area (Å²) >= 11 is 9.38. The zero-order chi connectivity index (χ0) is 10.8. The molecule has 1 heterocycles. The smallest absolute Gasteiger partial charge is 0.165 e. The van der Waals surface area contributed by atoms with Gasteiger partial charge in [0.05, 0.1) is 17.8 Å². The van der Waals surface area contributed by atoms with Crippen LogP contribution in [-0.2, 0) is 6.54 Å². The van der Waals surface area contributed by atoms with Gasteiger partial charge in [-0.2, -0.15) is 9.90 Å². The van der Waals surface area contributed by atoms with Crippen molar-refractivity contribution in [3.63, 3.8) is 0 Å². The Hall–Kier alpha value is -1.07. The van der Waals surface area contributed by atoms with Crippen molar-refractivity contribution in [3.05, 3.63) is 39.5 Å². The van der Waals surface area contributed by atoms with Gasteiger partial charge in [-0.1, -0.05) is 23.7 Å². The number of anilines is 1. The first-order valence-corrected chi connectivity index (χ1v) is 5.42. The molecule has 2 aromatic rings. The first kappa shape index (κ1) is 10.4. The van der Waals surface area contributed by atoms with E-state index in [4.69, 9.17) is 17.3 Å². The van der Waals surface area contributed by atoms with Gasteiger partial charge in [-0.15, -0.1) is 5.10 Å². The number of halogens is 2. The van der Waals surface area contributed by atoms with Crippen molar-refractivity contribution in [1.29, 1.82) is 0 Å². The zero-order valence-electron chi connectivity index (χ0n) is 7.69. The highest BCUT2D eigenvalue weighted by Gasteiger charge is 2.05. The Morgan fingerprint density at radius 2 is 2.27 bits per heavy atom. The Morgan fingerprint density at radius 1 is 1.47 bits per heavy atom. The van der Waals surface area contributed by atoms with E-state index in [1.807, 2.05) is 18.2 Å². The average molecular weight is 288 g/mol. The van der Waals surface area contributed by atoms with E-state index in [2.05, 4.69) is 26.1 Å². The van der Waals surface area contributed by atoms with Gasteiger partial charge in [0.2, 0.25) is 0 Å². The topological polar surface area (TPSA) is 56.7 Å². The summed E-state index contributed by atoms with van der Waals surface area (Å²) < 4.78 is 0.863. The number of rotatable bonds is 2. The molecule has 0 saturated carbocycles. The highest BCUT2D eigenvalue weighted by molar-refractivity contribution is 9.10. The molecule has 1 aromatic heterocycles. The summed E-state index contributed by atoms with van der Waals surface area (Å²) in [5.74, 6) is 0.410. The lowest BCUT2D eigenvalue weighted by Gasteiger charge is -2.04. The number of aromatic nitrogens is 3. The SMILES string of the molecule is Nc1cnn(Cc2cccc(Cl)c2Br)n1. The van der Waals surface area contributed by atoms with E-state index in [1.165, 1.54) is 11.0 Å². The molecular formula is C9H8BrClN4. The zero-order valence-corrected chi connectivity index (χ0v) is 10.0. The summed E-state index contributed by atoms with van der Waals surface area (Å²) in [6.45, 7) is 0.540. The fraction of sp³-hybridized carbons (Fsp3) is 0.111. The second-order valence-electron chi connectivity index (χ2n) is 3.01. The summed E-state index contributed by atoms with van der Waals surface area (Å²) in [5.41, 5.74) is 6.48. The first-order chi connectivity index (χ1) is 7.16. The van der Waals surface area contributed by atoms with Gasteiger partial charge in [0.15, 0.2) is 5.82 Å². The van der Waals surface area contributed by atoms with Crippen LogP contribution in [0.2, 0.25) is 5.02 Å². The fourth-order valence-electron chi connectivity index (χ4n) is 1.21. The summed E-state index contributed by atoms with van der Waals surface area (Å²) in [7, 11) is 0. The maximum Gasteiger partial charge on any atom is 0.165 e. The van der Waals surface area contributed by atoms with Crippen LogP contribution >= 0.6 is 27.5 Å². The molecule has 0 unspecified atom stereocenters. The molecule has 15 heavy (non-hydrogen) atoms. The van der Waals surface area contributed by atoms with Crippen LogP contribution in [0.5, 0.6) is 0 Å². The third-order valence-corrected chi connectivity index (χ3v) is 3.38. The number of hydrogen-bond donors (Lipinski definition) is 1. The van der Waals surface area contributed by atoms with Crippen LogP contribution in [0.1, 0.15) is 5.56 Å². The van der Waals surface area contributed by atoms with Gasteiger partial charge in [-0.05, 0) is 27.6 Å². The molecule has 2 N–H and O–H groups in total. The van der Waals surface area contributed by atoms with E-state index in [9.17, 15) is 0 Å². The molecule has 0 fully saturated rings. The van der Waals surface area contributed by atoms with Gasteiger partial charge in [-0.25, -0.2) is 0 Å². The van der Waals surface area contributed by atoms with E-state index in [-0.39, 0.29) is 0 Å². The summed E-state index contributed by atoms with van der Waals surface area (Å²) in [5, 5.41) is 8.67. The van der Waals surface area contributed by atoms with Crippen LogP contribution in [0.4, 0.5) is 5.82 Å². The molecule has 6 heteroatoms. The van der Waals surface area contributed by atoms with Gasteiger partial charge in [0.25, 0.3) is 0 Å². The molecule has 4 nitrogen and oxygen atoms in total. The predicted octanol–water partition coefficient (Wildman–Crippen LogP) is 2.32.